The number of nitrogens with one attached hydrogen (secondary N) is 1. The second-order valence-corrected chi connectivity index (χ2v) is 5.17. The minimum atomic E-state index is 0.0453. The van der Waals surface area contributed by atoms with Crippen molar-refractivity contribution in [1.29, 1.82) is 0 Å². The highest BCUT2D eigenvalue weighted by Crippen LogP contribution is 2.25. The number of ether oxygens (including phenoxy) is 1. The van der Waals surface area contributed by atoms with Gasteiger partial charge in [0.25, 0.3) is 0 Å². The molecule has 0 bridgehead atoms. The number of nitrogens with two attached hydrogens (primary N) is 1. The molecule has 0 saturated heterocycles. The molecule has 98 valence electrons. The van der Waals surface area contributed by atoms with Crippen LogP contribution >= 0.6 is 23.2 Å². The van der Waals surface area contributed by atoms with Gasteiger partial charge in [-0.15, -0.1) is 0 Å². The maximum Gasteiger partial charge on any atom is 0.0876 e. The second-order valence-electron chi connectivity index (χ2n) is 4.33. The largest absolute Gasteiger partial charge is 0.501 e. The second kappa shape index (κ2) is 6.43. The van der Waals surface area contributed by atoms with Crippen LogP contribution in [0, 0.1) is 0 Å². The van der Waals surface area contributed by atoms with Gasteiger partial charge in [0.15, 0.2) is 0 Å². The zero-order chi connectivity index (χ0) is 13.0. The standard InChI is InChI=1S/C13H16Cl2N2O/c14-11-4-3-9(12(15)7-11)6-13(17-16)10-2-1-5-18-8-10/h3-4,7-8,13,17H,1-2,5-6,16H2. The third-order valence-electron chi connectivity index (χ3n) is 3.05. The average Bonchev–Trinajstić information content (AvgIpc) is 2.39. The van der Waals surface area contributed by atoms with E-state index in [0.717, 1.165) is 31.4 Å². The van der Waals surface area contributed by atoms with Crippen LogP contribution in [0.4, 0.5) is 0 Å². The Bertz CT molecular complexity index is 449. The van der Waals surface area contributed by atoms with Crippen LogP contribution in [-0.2, 0) is 11.2 Å². The maximum atomic E-state index is 6.17. The van der Waals surface area contributed by atoms with Crippen LogP contribution in [0.5, 0.6) is 0 Å². The third-order valence-corrected chi connectivity index (χ3v) is 3.64. The highest BCUT2D eigenvalue weighted by molar-refractivity contribution is 6.35. The Morgan fingerprint density at radius 3 is 2.83 bits per heavy atom. The first-order valence-electron chi connectivity index (χ1n) is 5.91. The van der Waals surface area contributed by atoms with Crippen LogP contribution in [-0.4, -0.2) is 12.6 Å². The smallest absolute Gasteiger partial charge is 0.0876 e. The predicted octanol–water partition coefficient (Wildman–Crippen LogP) is 3.06. The Hall–Kier alpha value is -0.740. The minimum absolute atomic E-state index is 0.0453. The van der Waals surface area contributed by atoms with Crippen LogP contribution < -0.4 is 11.3 Å². The molecule has 1 aliphatic heterocycles. The fourth-order valence-corrected chi connectivity index (χ4v) is 2.53. The van der Waals surface area contributed by atoms with Crippen LogP contribution in [0.1, 0.15) is 18.4 Å². The molecule has 3 nitrogen and oxygen atoms in total. The van der Waals surface area contributed by atoms with E-state index in [2.05, 4.69) is 5.43 Å². The van der Waals surface area contributed by atoms with Crippen molar-refractivity contribution in [3.05, 3.63) is 45.6 Å². The van der Waals surface area contributed by atoms with E-state index >= 15 is 0 Å². The highest BCUT2D eigenvalue weighted by Gasteiger charge is 2.17. The summed E-state index contributed by atoms with van der Waals surface area (Å²) in [5.74, 6) is 5.62. The molecule has 0 aromatic heterocycles. The van der Waals surface area contributed by atoms with Crippen molar-refractivity contribution in [3.8, 4) is 0 Å². The lowest BCUT2D eigenvalue weighted by atomic mass is 9.96. The molecule has 1 atom stereocenters. The van der Waals surface area contributed by atoms with E-state index in [-0.39, 0.29) is 6.04 Å². The fraction of sp³-hybridized carbons (Fsp3) is 0.385. The topological polar surface area (TPSA) is 47.3 Å². The lowest BCUT2D eigenvalue weighted by molar-refractivity contribution is 0.219. The van der Waals surface area contributed by atoms with Crippen LogP contribution in [0.25, 0.3) is 0 Å². The van der Waals surface area contributed by atoms with Gasteiger partial charge in [-0.25, -0.2) is 0 Å². The van der Waals surface area contributed by atoms with Crippen molar-refractivity contribution in [1.82, 2.24) is 5.43 Å². The number of halogens is 2. The summed E-state index contributed by atoms with van der Waals surface area (Å²) < 4.78 is 5.34. The van der Waals surface area contributed by atoms with E-state index in [1.54, 1.807) is 12.3 Å². The van der Waals surface area contributed by atoms with E-state index in [1.807, 2.05) is 12.1 Å². The van der Waals surface area contributed by atoms with Gasteiger partial charge >= 0.3 is 0 Å². The van der Waals surface area contributed by atoms with Gasteiger partial charge in [-0.2, -0.15) is 0 Å². The molecular formula is C13H16Cl2N2O. The Kier molecular flexibility index (Phi) is 4.89. The quantitative estimate of drug-likeness (QED) is 0.661. The van der Waals surface area contributed by atoms with E-state index in [0.29, 0.717) is 10.0 Å². The maximum absolute atomic E-state index is 6.17. The summed E-state index contributed by atoms with van der Waals surface area (Å²) in [6.45, 7) is 0.780. The van der Waals surface area contributed by atoms with Gasteiger partial charge < -0.3 is 4.74 Å². The van der Waals surface area contributed by atoms with Crippen molar-refractivity contribution < 1.29 is 4.74 Å². The molecule has 0 fully saturated rings. The van der Waals surface area contributed by atoms with Crippen molar-refractivity contribution >= 4 is 23.2 Å². The monoisotopic (exact) mass is 286 g/mol. The Morgan fingerprint density at radius 1 is 1.39 bits per heavy atom. The van der Waals surface area contributed by atoms with Crippen molar-refractivity contribution in [2.75, 3.05) is 6.61 Å². The van der Waals surface area contributed by atoms with Crippen LogP contribution in [0.15, 0.2) is 30.0 Å². The summed E-state index contributed by atoms with van der Waals surface area (Å²) in [5.41, 5.74) is 5.02. The zero-order valence-electron chi connectivity index (χ0n) is 9.96. The Morgan fingerprint density at radius 2 is 2.22 bits per heavy atom. The molecule has 1 aliphatic rings. The number of hydrazine groups is 1. The summed E-state index contributed by atoms with van der Waals surface area (Å²) in [6.07, 6.45) is 4.55. The molecule has 1 heterocycles. The van der Waals surface area contributed by atoms with E-state index < -0.39 is 0 Å². The molecule has 3 N–H and O–H groups in total. The van der Waals surface area contributed by atoms with Crippen molar-refractivity contribution in [3.63, 3.8) is 0 Å². The Labute approximate surface area is 117 Å². The van der Waals surface area contributed by atoms with Gasteiger partial charge in [0, 0.05) is 16.1 Å². The summed E-state index contributed by atoms with van der Waals surface area (Å²) in [7, 11) is 0. The highest BCUT2D eigenvalue weighted by atomic mass is 35.5. The number of rotatable bonds is 4. The van der Waals surface area contributed by atoms with E-state index in [9.17, 15) is 0 Å². The molecule has 0 radical (unpaired) electrons. The molecule has 5 heteroatoms. The van der Waals surface area contributed by atoms with E-state index in [1.165, 1.54) is 5.57 Å². The Balaban J connectivity index is 2.12. The molecule has 1 unspecified atom stereocenters. The predicted molar refractivity (Wildman–Crippen MR) is 74.5 cm³/mol. The average molecular weight is 287 g/mol. The van der Waals surface area contributed by atoms with Gasteiger partial charge in [0.05, 0.1) is 12.9 Å². The van der Waals surface area contributed by atoms with Gasteiger partial charge in [-0.3, -0.25) is 11.3 Å². The summed E-state index contributed by atoms with van der Waals surface area (Å²) in [4.78, 5) is 0. The third kappa shape index (κ3) is 3.39. The number of benzene rings is 1. The fourth-order valence-electron chi connectivity index (χ4n) is 2.05. The molecular weight excluding hydrogens is 271 g/mol. The van der Waals surface area contributed by atoms with Gasteiger partial charge in [-0.1, -0.05) is 29.3 Å². The molecule has 0 saturated carbocycles. The molecule has 0 aliphatic carbocycles. The first-order chi connectivity index (χ1) is 8.70. The summed E-state index contributed by atoms with van der Waals surface area (Å²) in [5, 5.41) is 1.31. The summed E-state index contributed by atoms with van der Waals surface area (Å²) in [6, 6.07) is 5.56. The minimum Gasteiger partial charge on any atom is -0.501 e. The van der Waals surface area contributed by atoms with E-state index in [4.69, 9.17) is 33.8 Å². The van der Waals surface area contributed by atoms with Crippen LogP contribution in [0.3, 0.4) is 0 Å². The molecule has 2 rings (SSSR count). The normalized spacial score (nSPS) is 16.9. The first-order valence-corrected chi connectivity index (χ1v) is 6.67. The van der Waals surface area contributed by atoms with Gasteiger partial charge in [0.2, 0.25) is 0 Å². The number of hydrogen-bond donors (Lipinski definition) is 2. The molecule has 0 spiro atoms. The van der Waals surface area contributed by atoms with Crippen LogP contribution in [0.2, 0.25) is 10.0 Å². The molecule has 18 heavy (non-hydrogen) atoms. The SMILES string of the molecule is NNC(Cc1ccc(Cl)cc1Cl)C1=COCCC1. The molecule has 1 aromatic rings. The lowest BCUT2D eigenvalue weighted by Crippen LogP contribution is -2.39. The summed E-state index contributed by atoms with van der Waals surface area (Å²) >= 11 is 12.0. The van der Waals surface area contributed by atoms with Gasteiger partial charge in [0.1, 0.15) is 0 Å². The molecule has 0 amide bonds. The van der Waals surface area contributed by atoms with Gasteiger partial charge in [-0.05, 0) is 42.5 Å². The lowest BCUT2D eigenvalue weighted by Gasteiger charge is -2.23. The van der Waals surface area contributed by atoms with Crippen molar-refractivity contribution in [2.45, 2.75) is 25.3 Å². The van der Waals surface area contributed by atoms with Crippen molar-refractivity contribution in [2.24, 2.45) is 5.84 Å². The first kappa shape index (κ1) is 13.7. The molecule has 1 aromatic carbocycles. The zero-order valence-corrected chi connectivity index (χ0v) is 11.5. The number of hydrogen-bond acceptors (Lipinski definition) is 3.